The van der Waals surface area contributed by atoms with Gasteiger partial charge in [-0.1, -0.05) is 23.7 Å². The van der Waals surface area contributed by atoms with E-state index in [9.17, 15) is 9.18 Å². The number of carbonyl (C=O) groups is 1. The summed E-state index contributed by atoms with van der Waals surface area (Å²) in [6.45, 7) is 1.79. The molecule has 39 heavy (non-hydrogen) atoms. The van der Waals surface area contributed by atoms with Gasteiger partial charge in [0.2, 0.25) is 0 Å². The Morgan fingerprint density at radius 2 is 1.97 bits per heavy atom. The molecule has 0 saturated heterocycles. The maximum Gasteiger partial charge on any atom is 0.416 e. The van der Waals surface area contributed by atoms with Gasteiger partial charge in [-0.25, -0.2) is 14.2 Å². The number of aromatic nitrogens is 3. The molecule has 1 aliphatic heterocycles. The van der Waals surface area contributed by atoms with Crippen molar-refractivity contribution in [2.75, 3.05) is 13.2 Å². The van der Waals surface area contributed by atoms with Gasteiger partial charge in [0.15, 0.2) is 0 Å². The Morgan fingerprint density at radius 1 is 1.10 bits per heavy atom. The minimum absolute atomic E-state index is 0.282. The number of hydrogen-bond donors (Lipinski definition) is 1. The minimum Gasteiger partial charge on any atom is -0.494 e. The second kappa shape index (κ2) is 10.8. The van der Waals surface area contributed by atoms with E-state index in [1.807, 2.05) is 53.2 Å². The number of nitrogens with one attached hydrogen (secondary N) is 1. The third kappa shape index (κ3) is 5.33. The van der Waals surface area contributed by atoms with Gasteiger partial charge in [0.1, 0.15) is 23.4 Å². The average Bonchev–Trinajstić information content (AvgIpc) is 3.60. The van der Waals surface area contributed by atoms with E-state index in [1.165, 1.54) is 24.3 Å². The van der Waals surface area contributed by atoms with Gasteiger partial charge < -0.3 is 19.0 Å². The number of carbonyl (C=O) groups excluding carboxylic acids is 1. The molecule has 5 aromatic rings. The highest BCUT2D eigenvalue weighted by molar-refractivity contribution is 6.31. The molecule has 0 spiro atoms. The van der Waals surface area contributed by atoms with Crippen molar-refractivity contribution in [3.8, 4) is 11.5 Å². The molecule has 3 heterocycles. The number of ether oxygens (including phenoxy) is 2. The molecule has 0 radical (unpaired) electrons. The van der Waals surface area contributed by atoms with Gasteiger partial charge in [-0.2, -0.15) is 0 Å². The highest BCUT2D eigenvalue weighted by Gasteiger charge is 2.36. The quantitative estimate of drug-likeness (QED) is 0.229. The lowest BCUT2D eigenvalue weighted by Gasteiger charge is -2.35. The zero-order valence-electron chi connectivity index (χ0n) is 21.0. The first-order chi connectivity index (χ1) is 19.0. The predicted molar refractivity (Wildman–Crippen MR) is 147 cm³/mol. The van der Waals surface area contributed by atoms with E-state index in [4.69, 9.17) is 21.1 Å². The molecule has 198 valence electrons. The van der Waals surface area contributed by atoms with Crippen LogP contribution in [0.25, 0.3) is 10.9 Å². The third-order valence-corrected chi connectivity index (χ3v) is 7.14. The molecular formula is C30H26ClFN4O3. The van der Waals surface area contributed by atoms with Crippen LogP contribution in [-0.2, 0) is 13.0 Å². The first-order valence-electron chi connectivity index (χ1n) is 12.8. The van der Waals surface area contributed by atoms with E-state index in [2.05, 4.69) is 9.97 Å². The molecule has 6 rings (SSSR count). The Bertz CT molecular complexity index is 1600. The summed E-state index contributed by atoms with van der Waals surface area (Å²) in [6.07, 6.45) is 6.42. The average molecular weight is 545 g/mol. The van der Waals surface area contributed by atoms with Gasteiger partial charge in [-0.05, 0) is 78.6 Å². The molecule has 0 fully saturated rings. The van der Waals surface area contributed by atoms with E-state index in [-0.39, 0.29) is 5.75 Å². The van der Waals surface area contributed by atoms with Crippen LogP contribution < -0.4 is 9.47 Å². The van der Waals surface area contributed by atoms with Crippen LogP contribution in [-0.4, -0.2) is 38.7 Å². The molecule has 0 saturated carbocycles. The summed E-state index contributed by atoms with van der Waals surface area (Å²) in [5, 5.41) is 1.70. The molecule has 7 nitrogen and oxygen atoms in total. The van der Waals surface area contributed by atoms with Crippen LogP contribution in [0, 0.1) is 5.82 Å². The highest BCUT2D eigenvalue weighted by Crippen LogP contribution is 2.40. The summed E-state index contributed by atoms with van der Waals surface area (Å²) in [6, 6.07) is 18.5. The van der Waals surface area contributed by atoms with Gasteiger partial charge in [-0.3, -0.25) is 4.90 Å². The van der Waals surface area contributed by atoms with E-state index >= 15 is 0 Å². The van der Waals surface area contributed by atoms with Crippen molar-refractivity contribution < 1.29 is 18.7 Å². The summed E-state index contributed by atoms with van der Waals surface area (Å²) in [7, 11) is 0. The predicted octanol–water partition coefficient (Wildman–Crippen LogP) is 6.77. The number of hydrogen-bond acceptors (Lipinski definition) is 4. The summed E-state index contributed by atoms with van der Waals surface area (Å²) >= 11 is 6.32. The fourth-order valence-corrected chi connectivity index (χ4v) is 5.27. The Labute approximate surface area is 229 Å². The lowest BCUT2D eigenvalue weighted by Crippen LogP contribution is -2.42. The van der Waals surface area contributed by atoms with E-state index in [1.54, 1.807) is 17.4 Å². The van der Waals surface area contributed by atoms with Gasteiger partial charge in [0, 0.05) is 47.1 Å². The Morgan fingerprint density at radius 3 is 2.79 bits per heavy atom. The summed E-state index contributed by atoms with van der Waals surface area (Å²) in [5.41, 5.74) is 3.87. The molecule has 1 amide bonds. The van der Waals surface area contributed by atoms with E-state index < -0.39 is 18.0 Å². The fraction of sp³-hybridized carbons (Fsp3) is 0.200. The molecule has 1 N–H and O–H groups in total. The number of nitrogens with zero attached hydrogens (tertiary/aromatic N) is 3. The number of fused-ring (bicyclic) bond motifs is 3. The molecule has 9 heteroatoms. The lowest BCUT2D eigenvalue weighted by molar-refractivity contribution is 0.135. The maximum atomic E-state index is 13.5. The van der Waals surface area contributed by atoms with Gasteiger partial charge >= 0.3 is 6.09 Å². The number of halogens is 2. The van der Waals surface area contributed by atoms with Gasteiger partial charge in [-0.15, -0.1) is 0 Å². The molecule has 1 atom stereocenters. The van der Waals surface area contributed by atoms with Crippen molar-refractivity contribution in [1.82, 2.24) is 19.4 Å². The minimum atomic E-state index is -0.513. The Kier molecular flexibility index (Phi) is 6.94. The topological polar surface area (TPSA) is 72.4 Å². The zero-order chi connectivity index (χ0) is 26.8. The largest absolute Gasteiger partial charge is 0.494 e. The molecule has 3 aromatic carbocycles. The van der Waals surface area contributed by atoms with Gasteiger partial charge in [0.05, 0.1) is 12.9 Å². The standard InChI is InChI=1S/C30H26ClFN4O3/c31-21-5-10-27-26(18-21)25-11-14-36(30(37)39-23-8-6-22(32)7-9-23)29(28(25)34-27)20-3-1-4-24(17-20)38-16-2-13-35-15-12-33-19-35/h1,3-10,12,15,17-19,29,34H,2,11,13-14,16H2. The first-order valence-corrected chi connectivity index (χ1v) is 13.2. The second-order valence-electron chi connectivity index (χ2n) is 9.45. The Balaban J connectivity index is 1.30. The van der Waals surface area contributed by atoms with Crippen LogP contribution in [0.3, 0.4) is 0 Å². The van der Waals surface area contributed by atoms with Crippen LogP contribution in [0.5, 0.6) is 11.5 Å². The van der Waals surface area contributed by atoms with E-state index in [0.717, 1.165) is 46.4 Å². The summed E-state index contributed by atoms with van der Waals surface area (Å²) in [4.78, 5) is 22.7. The summed E-state index contributed by atoms with van der Waals surface area (Å²) < 4.78 is 27.1. The summed E-state index contributed by atoms with van der Waals surface area (Å²) in [5.74, 6) is 0.606. The smallest absolute Gasteiger partial charge is 0.416 e. The maximum absolute atomic E-state index is 13.5. The van der Waals surface area contributed by atoms with Crippen LogP contribution >= 0.6 is 11.6 Å². The Hall–Kier alpha value is -4.30. The zero-order valence-corrected chi connectivity index (χ0v) is 21.8. The van der Waals surface area contributed by atoms with Crippen molar-refractivity contribution in [2.24, 2.45) is 0 Å². The van der Waals surface area contributed by atoms with Crippen molar-refractivity contribution in [1.29, 1.82) is 0 Å². The molecule has 2 aromatic heterocycles. The third-order valence-electron chi connectivity index (χ3n) is 6.90. The number of amides is 1. The SMILES string of the molecule is O=C(Oc1ccc(F)cc1)N1CCc2c([nH]c3ccc(Cl)cc23)C1c1cccc(OCCCn2ccnc2)c1. The second-order valence-corrected chi connectivity index (χ2v) is 9.89. The molecular weight excluding hydrogens is 519 g/mol. The van der Waals surface area contributed by atoms with E-state index in [0.29, 0.717) is 24.6 Å². The fourth-order valence-electron chi connectivity index (χ4n) is 5.10. The van der Waals surface area contributed by atoms with Crippen molar-refractivity contribution in [3.63, 3.8) is 0 Å². The number of aryl methyl sites for hydroxylation is 1. The van der Waals surface area contributed by atoms with Crippen molar-refractivity contribution in [3.05, 3.63) is 113 Å². The van der Waals surface area contributed by atoms with Crippen LogP contribution in [0.1, 0.15) is 29.3 Å². The van der Waals surface area contributed by atoms with Crippen molar-refractivity contribution in [2.45, 2.75) is 25.4 Å². The number of benzene rings is 3. The molecule has 1 aliphatic rings. The molecule has 1 unspecified atom stereocenters. The number of H-pyrrole nitrogens is 1. The normalized spacial score (nSPS) is 14.8. The van der Waals surface area contributed by atoms with Gasteiger partial charge in [0.25, 0.3) is 0 Å². The van der Waals surface area contributed by atoms with Crippen LogP contribution in [0.4, 0.5) is 9.18 Å². The highest BCUT2D eigenvalue weighted by atomic mass is 35.5. The van der Waals surface area contributed by atoms with Crippen LogP contribution in [0.15, 0.2) is 85.5 Å². The molecule has 0 bridgehead atoms. The lowest BCUT2D eigenvalue weighted by atomic mass is 9.92. The first kappa shape index (κ1) is 25.0. The number of aromatic amines is 1. The number of imidazole rings is 1. The number of rotatable bonds is 7. The monoisotopic (exact) mass is 544 g/mol. The molecule has 0 aliphatic carbocycles. The van der Waals surface area contributed by atoms with Crippen LogP contribution in [0.2, 0.25) is 5.02 Å². The van der Waals surface area contributed by atoms with Crippen molar-refractivity contribution >= 4 is 28.6 Å².